The van der Waals surface area contributed by atoms with Crippen molar-refractivity contribution in [2.24, 2.45) is 5.92 Å². The molecule has 0 spiro atoms. The number of ether oxygens (including phenoxy) is 1. The number of fused-ring (bicyclic) bond motifs is 1. The summed E-state index contributed by atoms with van der Waals surface area (Å²) in [6.07, 6.45) is 2.56. The SMILES string of the molecule is O=CC(=O)Oc1cccc2c1CCC(CNNC(=O)N(c1ccccc1)c1ccccc1)C2. The minimum absolute atomic E-state index is 0.172. The van der Waals surface area contributed by atoms with E-state index in [9.17, 15) is 14.4 Å². The van der Waals surface area contributed by atoms with Gasteiger partial charge in [-0.2, -0.15) is 0 Å². The molecule has 0 radical (unpaired) electrons. The molecule has 3 aromatic rings. The molecule has 0 fully saturated rings. The maximum Gasteiger partial charge on any atom is 0.376 e. The number of esters is 1. The summed E-state index contributed by atoms with van der Waals surface area (Å²) < 4.78 is 5.14. The van der Waals surface area contributed by atoms with Crippen LogP contribution in [-0.2, 0) is 22.4 Å². The summed E-state index contributed by atoms with van der Waals surface area (Å²) in [6.45, 7) is 0.598. The van der Waals surface area contributed by atoms with E-state index in [1.54, 1.807) is 11.0 Å². The van der Waals surface area contributed by atoms with Gasteiger partial charge in [0.25, 0.3) is 0 Å². The minimum Gasteiger partial charge on any atom is -0.421 e. The van der Waals surface area contributed by atoms with Crippen LogP contribution in [0.15, 0.2) is 78.9 Å². The van der Waals surface area contributed by atoms with Crippen LogP contribution in [0.3, 0.4) is 0 Å². The molecule has 2 N–H and O–H groups in total. The van der Waals surface area contributed by atoms with E-state index in [1.807, 2.05) is 72.8 Å². The number of benzene rings is 3. The predicted molar refractivity (Wildman–Crippen MR) is 125 cm³/mol. The molecule has 0 heterocycles. The first-order valence-electron chi connectivity index (χ1n) is 10.9. The Morgan fingerprint density at radius 1 is 0.939 bits per heavy atom. The third-order valence-electron chi connectivity index (χ3n) is 5.67. The van der Waals surface area contributed by atoms with Crippen LogP contribution in [0.25, 0.3) is 0 Å². The summed E-state index contributed by atoms with van der Waals surface area (Å²) >= 11 is 0. The zero-order valence-corrected chi connectivity index (χ0v) is 18.1. The lowest BCUT2D eigenvalue weighted by atomic mass is 9.83. The molecule has 0 aromatic heterocycles. The van der Waals surface area contributed by atoms with Gasteiger partial charge in [0.1, 0.15) is 5.75 Å². The number of para-hydroxylation sites is 2. The van der Waals surface area contributed by atoms with Gasteiger partial charge in [-0.1, -0.05) is 48.5 Å². The van der Waals surface area contributed by atoms with Crippen LogP contribution in [0.1, 0.15) is 17.5 Å². The number of hydrazine groups is 1. The Morgan fingerprint density at radius 3 is 2.24 bits per heavy atom. The van der Waals surface area contributed by atoms with E-state index in [4.69, 9.17) is 4.74 Å². The van der Waals surface area contributed by atoms with Gasteiger partial charge in [-0.3, -0.25) is 15.1 Å². The van der Waals surface area contributed by atoms with Crippen molar-refractivity contribution < 1.29 is 19.1 Å². The van der Waals surface area contributed by atoms with Crippen molar-refractivity contribution >= 4 is 29.7 Å². The number of rotatable bonds is 7. The molecule has 4 rings (SSSR count). The molecule has 0 aliphatic heterocycles. The van der Waals surface area contributed by atoms with Gasteiger partial charge in [0.2, 0.25) is 6.29 Å². The van der Waals surface area contributed by atoms with Crippen LogP contribution >= 0.6 is 0 Å². The van der Waals surface area contributed by atoms with Crippen LogP contribution in [-0.4, -0.2) is 24.8 Å². The van der Waals surface area contributed by atoms with Gasteiger partial charge >= 0.3 is 12.0 Å². The highest BCUT2D eigenvalue weighted by molar-refractivity contribution is 6.21. The van der Waals surface area contributed by atoms with Crippen LogP contribution in [0, 0.1) is 5.92 Å². The molecule has 168 valence electrons. The van der Waals surface area contributed by atoms with E-state index < -0.39 is 5.97 Å². The van der Waals surface area contributed by atoms with Crippen molar-refractivity contribution in [1.29, 1.82) is 0 Å². The number of carbonyl (C=O) groups is 3. The molecule has 33 heavy (non-hydrogen) atoms. The molecule has 1 aliphatic rings. The third-order valence-corrected chi connectivity index (χ3v) is 5.67. The van der Waals surface area contributed by atoms with Crippen LogP contribution in [0.4, 0.5) is 16.2 Å². The van der Waals surface area contributed by atoms with E-state index in [-0.39, 0.29) is 12.3 Å². The second-order valence-electron chi connectivity index (χ2n) is 7.86. The van der Waals surface area contributed by atoms with Crippen molar-refractivity contribution in [2.75, 3.05) is 11.4 Å². The van der Waals surface area contributed by atoms with E-state index >= 15 is 0 Å². The second kappa shape index (κ2) is 10.6. The minimum atomic E-state index is -0.892. The highest BCUT2D eigenvalue weighted by Gasteiger charge is 2.23. The average molecular weight is 444 g/mol. The summed E-state index contributed by atoms with van der Waals surface area (Å²) in [5.74, 6) is -0.140. The highest BCUT2D eigenvalue weighted by Crippen LogP contribution is 2.32. The summed E-state index contributed by atoms with van der Waals surface area (Å²) in [7, 11) is 0. The number of aldehydes is 1. The van der Waals surface area contributed by atoms with Gasteiger partial charge in [0, 0.05) is 6.54 Å². The van der Waals surface area contributed by atoms with E-state index in [0.29, 0.717) is 18.2 Å². The lowest BCUT2D eigenvalue weighted by molar-refractivity contribution is -0.141. The molecule has 1 unspecified atom stereocenters. The summed E-state index contributed by atoms with van der Waals surface area (Å²) in [5, 5.41) is 0. The molecule has 7 heteroatoms. The van der Waals surface area contributed by atoms with Crippen LogP contribution in [0.5, 0.6) is 5.75 Å². The molecular formula is C26H25N3O4. The lowest BCUT2D eigenvalue weighted by Crippen LogP contribution is -2.47. The van der Waals surface area contributed by atoms with Crippen molar-refractivity contribution in [1.82, 2.24) is 10.9 Å². The van der Waals surface area contributed by atoms with E-state index in [2.05, 4.69) is 10.9 Å². The van der Waals surface area contributed by atoms with Crippen molar-refractivity contribution in [3.63, 3.8) is 0 Å². The van der Waals surface area contributed by atoms with E-state index in [0.717, 1.165) is 41.8 Å². The van der Waals surface area contributed by atoms with Gasteiger partial charge < -0.3 is 4.74 Å². The Hall–Kier alpha value is -3.97. The lowest BCUT2D eigenvalue weighted by Gasteiger charge is -2.27. The maximum atomic E-state index is 13.0. The number of nitrogens with zero attached hydrogens (tertiary/aromatic N) is 1. The number of carbonyl (C=O) groups excluding carboxylic acids is 3. The molecule has 0 saturated heterocycles. The standard InChI is InChI=1S/C26H25N3O4/c30-18-25(31)33-24-13-7-8-20-16-19(14-15-23(20)24)17-27-28-26(32)29(21-9-3-1-4-10-21)22-11-5-2-6-12-22/h1-13,18-19,27H,14-17H2,(H,28,32). The second-order valence-corrected chi connectivity index (χ2v) is 7.86. The molecule has 7 nitrogen and oxygen atoms in total. The number of hydrogen-bond acceptors (Lipinski definition) is 5. The summed E-state index contributed by atoms with van der Waals surface area (Å²) in [5.41, 5.74) is 9.51. The topological polar surface area (TPSA) is 87.7 Å². The molecular weight excluding hydrogens is 418 g/mol. The fraction of sp³-hybridized carbons (Fsp3) is 0.192. The normalized spacial score (nSPS) is 14.6. The molecule has 3 aromatic carbocycles. The van der Waals surface area contributed by atoms with Crippen molar-refractivity contribution in [3.8, 4) is 5.75 Å². The summed E-state index contributed by atoms with van der Waals surface area (Å²) in [6, 6.07) is 24.2. The molecule has 2 amide bonds. The van der Waals surface area contributed by atoms with Gasteiger partial charge in [-0.05, 0) is 66.6 Å². The molecule has 1 atom stereocenters. The third kappa shape index (κ3) is 5.45. The first kappa shape index (κ1) is 22.2. The Bertz CT molecular complexity index is 1080. The number of nitrogens with one attached hydrogen (secondary N) is 2. The number of anilines is 2. The Labute approximate surface area is 192 Å². The quantitative estimate of drug-likeness (QED) is 0.190. The van der Waals surface area contributed by atoms with Crippen LogP contribution < -0.4 is 20.5 Å². The van der Waals surface area contributed by atoms with Crippen molar-refractivity contribution in [3.05, 3.63) is 90.0 Å². The van der Waals surface area contributed by atoms with Gasteiger partial charge in [-0.15, -0.1) is 0 Å². The van der Waals surface area contributed by atoms with Crippen LogP contribution in [0.2, 0.25) is 0 Å². The van der Waals surface area contributed by atoms with Crippen molar-refractivity contribution in [2.45, 2.75) is 19.3 Å². The number of hydrogen-bond donors (Lipinski definition) is 2. The monoisotopic (exact) mass is 443 g/mol. The zero-order valence-electron chi connectivity index (χ0n) is 18.1. The molecule has 1 aliphatic carbocycles. The zero-order chi connectivity index (χ0) is 23.0. The molecule has 0 bridgehead atoms. The Balaban J connectivity index is 1.37. The molecule has 0 saturated carbocycles. The predicted octanol–water partition coefficient (Wildman–Crippen LogP) is 3.95. The Morgan fingerprint density at radius 2 is 1.61 bits per heavy atom. The fourth-order valence-electron chi connectivity index (χ4n) is 4.11. The Kier molecular flexibility index (Phi) is 7.12. The summed E-state index contributed by atoms with van der Waals surface area (Å²) in [4.78, 5) is 36.6. The van der Waals surface area contributed by atoms with Gasteiger partial charge in [0.05, 0.1) is 11.4 Å². The van der Waals surface area contributed by atoms with Gasteiger partial charge in [-0.25, -0.2) is 15.0 Å². The smallest absolute Gasteiger partial charge is 0.376 e. The largest absolute Gasteiger partial charge is 0.421 e. The first-order chi connectivity index (χ1) is 16.2. The number of urea groups is 1. The average Bonchev–Trinajstić information content (AvgIpc) is 2.85. The van der Waals surface area contributed by atoms with Gasteiger partial charge in [0.15, 0.2) is 0 Å². The van der Waals surface area contributed by atoms with E-state index in [1.165, 1.54) is 0 Å². The highest BCUT2D eigenvalue weighted by atomic mass is 16.5. The fourth-order valence-corrected chi connectivity index (χ4v) is 4.11. The number of amides is 2. The maximum absolute atomic E-state index is 13.0. The first-order valence-corrected chi connectivity index (χ1v) is 10.9.